The van der Waals surface area contributed by atoms with E-state index in [2.05, 4.69) is 50.4 Å². The highest BCUT2D eigenvalue weighted by Gasteiger charge is 2.50. The van der Waals surface area contributed by atoms with Crippen LogP contribution in [0.3, 0.4) is 0 Å². The van der Waals surface area contributed by atoms with Crippen molar-refractivity contribution in [3.05, 3.63) is 35.4 Å². The van der Waals surface area contributed by atoms with Gasteiger partial charge < -0.3 is 5.32 Å². The summed E-state index contributed by atoms with van der Waals surface area (Å²) in [7, 11) is 0. The number of benzene rings is 1. The molecule has 2 saturated carbocycles. The molecule has 1 N–H and O–H groups in total. The van der Waals surface area contributed by atoms with Gasteiger partial charge in [-0.2, -0.15) is 0 Å². The number of nitrogens with one attached hydrogen (secondary N) is 1. The molecule has 2 aliphatic carbocycles. The van der Waals surface area contributed by atoms with Crippen LogP contribution in [0.5, 0.6) is 0 Å². The molecule has 0 aromatic heterocycles. The largest absolute Gasteiger partial charge is 0.313 e. The molecule has 1 heteroatoms. The summed E-state index contributed by atoms with van der Waals surface area (Å²) in [4.78, 5) is 0. The van der Waals surface area contributed by atoms with Gasteiger partial charge in [0.2, 0.25) is 0 Å². The Hall–Kier alpha value is -0.820. The third-order valence-electron chi connectivity index (χ3n) is 4.60. The van der Waals surface area contributed by atoms with E-state index in [1.54, 1.807) is 5.56 Å². The number of hydrogen-bond donors (Lipinski definition) is 1. The Morgan fingerprint density at radius 3 is 2.22 bits per heavy atom. The molecule has 1 aromatic rings. The predicted octanol–water partition coefficient (Wildman–Crippen LogP) is 3.80. The van der Waals surface area contributed by atoms with E-state index < -0.39 is 0 Å². The normalized spacial score (nSPS) is 24.6. The molecular weight excluding hydrogens is 218 g/mol. The van der Waals surface area contributed by atoms with E-state index >= 15 is 0 Å². The molecule has 0 bridgehead atoms. The van der Waals surface area contributed by atoms with Crippen molar-refractivity contribution in [3.63, 3.8) is 0 Å². The third-order valence-corrected chi connectivity index (χ3v) is 4.60. The molecule has 0 spiro atoms. The minimum Gasteiger partial charge on any atom is -0.313 e. The molecule has 18 heavy (non-hydrogen) atoms. The van der Waals surface area contributed by atoms with Gasteiger partial charge >= 0.3 is 0 Å². The van der Waals surface area contributed by atoms with Gasteiger partial charge in [0.15, 0.2) is 0 Å². The minimum atomic E-state index is 0.403. The molecule has 0 amide bonds. The van der Waals surface area contributed by atoms with E-state index in [1.165, 1.54) is 37.8 Å². The van der Waals surface area contributed by atoms with Crippen molar-refractivity contribution in [2.45, 2.75) is 57.9 Å². The lowest BCUT2D eigenvalue weighted by atomic mass is 9.52. The van der Waals surface area contributed by atoms with Crippen LogP contribution >= 0.6 is 0 Å². The average molecular weight is 243 g/mol. The van der Waals surface area contributed by atoms with Crippen molar-refractivity contribution in [2.24, 2.45) is 5.41 Å². The van der Waals surface area contributed by atoms with Crippen molar-refractivity contribution in [3.8, 4) is 0 Å². The smallest absolute Gasteiger partial charge is 0.00880 e. The highest BCUT2D eigenvalue weighted by molar-refractivity contribution is 5.33. The maximum absolute atomic E-state index is 3.75. The number of aryl methyl sites for hydroxylation is 1. The summed E-state index contributed by atoms with van der Waals surface area (Å²) >= 11 is 0. The van der Waals surface area contributed by atoms with Crippen LogP contribution in [-0.4, -0.2) is 12.6 Å². The van der Waals surface area contributed by atoms with Crippen LogP contribution in [0.4, 0.5) is 0 Å². The molecule has 3 rings (SSSR count). The first kappa shape index (κ1) is 12.2. The highest BCUT2D eigenvalue weighted by atomic mass is 15.0. The monoisotopic (exact) mass is 243 g/mol. The third kappa shape index (κ3) is 2.33. The van der Waals surface area contributed by atoms with Crippen molar-refractivity contribution in [2.75, 3.05) is 6.54 Å². The van der Waals surface area contributed by atoms with Crippen molar-refractivity contribution in [1.29, 1.82) is 0 Å². The summed E-state index contributed by atoms with van der Waals surface area (Å²) in [6.07, 6.45) is 5.41. The first-order chi connectivity index (χ1) is 8.49. The molecular formula is C17H25N. The summed E-state index contributed by atoms with van der Waals surface area (Å²) in [5.41, 5.74) is 3.83. The number of hydrogen-bond acceptors (Lipinski definition) is 1. The van der Waals surface area contributed by atoms with Crippen LogP contribution in [0.15, 0.2) is 24.3 Å². The fourth-order valence-corrected chi connectivity index (χ4v) is 3.75. The van der Waals surface area contributed by atoms with Crippen molar-refractivity contribution >= 4 is 0 Å². The van der Waals surface area contributed by atoms with Gasteiger partial charge in [-0.15, -0.1) is 0 Å². The zero-order chi connectivity index (χ0) is 12.8. The fourth-order valence-electron chi connectivity index (χ4n) is 3.75. The zero-order valence-electron chi connectivity index (χ0n) is 11.9. The Balaban J connectivity index is 1.78. The van der Waals surface area contributed by atoms with Gasteiger partial charge in [0.25, 0.3) is 0 Å². The SMILES string of the molecule is Cc1ccc(C2(CNC3CC3)CC(C)(C)C2)cc1. The van der Waals surface area contributed by atoms with Crippen LogP contribution in [0, 0.1) is 12.3 Å². The van der Waals surface area contributed by atoms with Gasteiger partial charge in [-0.25, -0.2) is 0 Å². The molecule has 1 aromatic carbocycles. The molecule has 0 radical (unpaired) electrons. The molecule has 2 fully saturated rings. The topological polar surface area (TPSA) is 12.0 Å². The lowest BCUT2D eigenvalue weighted by molar-refractivity contribution is 0.0560. The van der Waals surface area contributed by atoms with Gasteiger partial charge in [0.1, 0.15) is 0 Å². The maximum atomic E-state index is 3.75. The van der Waals surface area contributed by atoms with Gasteiger partial charge in [-0.1, -0.05) is 43.7 Å². The Kier molecular flexibility index (Phi) is 2.78. The van der Waals surface area contributed by atoms with E-state index in [9.17, 15) is 0 Å². The van der Waals surface area contributed by atoms with Crippen LogP contribution in [0.1, 0.15) is 50.7 Å². The van der Waals surface area contributed by atoms with Gasteiger partial charge in [0, 0.05) is 18.0 Å². The highest BCUT2D eigenvalue weighted by Crippen LogP contribution is 2.55. The van der Waals surface area contributed by atoms with Crippen LogP contribution in [-0.2, 0) is 5.41 Å². The molecule has 0 atom stereocenters. The first-order valence-corrected chi connectivity index (χ1v) is 7.30. The van der Waals surface area contributed by atoms with E-state index in [0.717, 1.165) is 6.04 Å². The molecule has 0 heterocycles. The standard InChI is InChI=1S/C17H25N/c1-13-4-6-14(7-5-13)17(10-16(2,3)11-17)12-18-15-8-9-15/h4-7,15,18H,8-12H2,1-3H3. The van der Waals surface area contributed by atoms with Gasteiger partial charge in [0.05, 0.1) is 0 Å². The van der Waals surface area contributed by atoms with Crippen LogP contribution in [0.2, 0.25) is 0 Å². The average Bonchev–Trinajstić information content (AvgIpc) is 3.08. The second-order valence-electron chi connectivity index (χ2n) is 7.32. The van der Waals surface area contributed by atoms with E-state index in [1.807, 2.05) is 0 Å². The Morgan fingerprint density at radius 1 is 1.11 bits per heavy atom. The van der Waals surface area contributed by atoms with E-state index in [-0.39, 0.29) is 0 Å². The summed E-state index contributed by atoms with van der Waals surface area (Å²) in [6, 6.07) is 10.0. The van der Waals surface area contributed by atoms with Crippen LogP contribution < -0.4 is 5.32 Å². The maximum Gasteiger partial charge on any atom is 0.00880 e. The second-order valence-corrected chi connectivity index (χ2v) is 7.32. The first-order valence-electron chi connectivity index (χ1n) is 7.30. The molecule has 0 unspecified atom stereocenters. The van der Waals surface area contributed by atoms with Gasteiger partial charge in [-0.3, -0.25) is 0 Å². The quantitative estimate of drug-likeness (QED) is 0.848. The molecule has 1 nitrogen and oxygen atoms in total. The van der Waals surface area contributed by atoms with Crippen molar-refractivity contribution in [1.82, 2.24) is 5.32 Å². The second kappa shape index (κ2) is 4.09. The Bertz CT molecular complexity index is 417. The number of rotatable bonds is 4. The fraction of sp³-hybridized carbons (Fsp3) is 0.647. The van der Waals surface area contributed by atoms with E-state index in [4.69, 9.17) is 0 Å². The zero-order valence-corrected chi connectivity index (χ0v) is 11.9. The van der Waals surface area contributed by atoms with Crippen LogP contribution in [0.25, 0.3) is 0 Å². The molecule has 98 valence electrons. The van der Waals surface area contributed by atoms with Crippen molar-refractivity contribution < 1.29 is 0 Å². The summed E-state index contributed by atoms with van der Waals surface area (Å²) < 4.78 is 0. The summed E-state index contributed by atoms with van der Waals surface area (Å²) in [5.74, 6) is 0. The minimum absolute atomic E-state index is 0.403. The Labute approximate surface area is 111 Å². The van der Waals surface area contributed by atoms with Gasteiger partial charge in [-0.05, 0) is 43.6 Å². The lowest BCUT2D eigenvalue weighted by Gasteiger charge is -2.54. The summed E-state index contributed by atoms with van der Waals surface area (Å²) in [5, 5.41) is 3.75. The summed E-state index contributed by atoms with van der Waals surface area (Å²) in [6.45, 7) is 8.14. The predicted molar refractivity (Wildman–Crippen MR) is 76.9 cm³/mol. The molecule has 2 aliphatic rings. The molecule has 0 saturated heterocycles. The lowest BCUT2D eigenvalue weighted by Crippen LogP contribution is -2.52. The van der Waals surface area contributed by atoms with E-state index in [0.29, 0.717) is 10.8 Å². The Morgan fingerprint density at radius 2 is 1.72 bits per heavy atom. The molecule has 0 aliphatic heterocycles.